The first-order valence-corrected chi connectivity index (χ1v) is 6.70. The van der Waals surface area contributed by atoms with Gasteiger partial charge in [0.2, 0.25) is 0 Å². The Labute approximate surface area is 122 Å². The van der Waals surface area contributed by atoms with Crippen molar-refractivity contribution in [3.63, 3.8) is 0 Å². The number of benzene rings is 1. The fourth-order valence-electron chi connectivity index (χ4n) is 1.86. The van der Waals surface area contributed by atoms with Crippen LogP contribution in [0.25, 0.3) is 0 Å². The molecule has 0 radical (unpaired) electrons. The number of carboxylic acid groups (broad SMARTS) is 1. The van der Waals surface area contributed by atoms with Crippen LogP contribution >= 0.6 is 0 Å². The maximum atomic E-state index is 10.7. The molecule has 0 saturated heterocycles. The molecule has 2 N–H and O–H groups in total. The number of carbonyl (C=O) groups is 1. The van der Waals surface area contributed by atoms with Crippen molar-refractivity contribution in [2.24, 2.45) is 0 Å². The number of nitrogens with one attached hydrogen (secondary N) is 1. The minimum Gasteiger partial charge on any atom is -0.494 e. The largest absolute Gasteiger partial charge is 0.494 e. The second-order valence-electron chi connectivity index (χ2n) is 4.31. The van der Waals surface area contributed by atoms with E-state index in [9.17, 15) is 4.79 Å². The highest BCUT2D eigenvalue weighted by Crippen LogP contribution is 2.18. The van der Waals surface area contributed by atoms with Gasteiger partial charge in [0.1, 0.15) is 11.6 Å². The second-order valence-corrected chi connectivity index (χ2v) is 4.31. The fraction of sp³-hybridized carbons (Fsp3) is 0.267. The van der Waals surface area contributed by atoms with E-state index >= 15 is 0 Å². The third kappa shape index (κ3) is 4.17. The molecule has 1 aromatic carbocycles. The Bertz CT molecular complexity index is 599. The maximum Gasteiger partial charge on any atom is 0.356 e. The van der Waals surface area contributed by atoms with Gasteiger partial charge in [-0.15, -0.1) is 0 Å². The number of aromatic carboxylic acids is 1. The average Bonchev–Trinajstić information content (AvgIpc) is 2.50. The monoisotopic (exact) mass is 287 g/mol. The third-order valence-electron chi connectivity index (χ3n) is 2.84. The van der Waals surface area contributed by atoms with Gasteiger partial charge < -0.3 is 15.2 Å². The van der Waals surface area contributed by atoms with Gasteiger partial charge in [-0.05, 0) is 25.0 Å². The van der Waals surface area contributed by atoms with Crippen molar-refractivity contribution in [1.29, 1.82) is 0 Å². The van der Waals surface area contributed by atoms with Crippen LogP contribution in [0.15, 0.2) is 36.7 Å². The number of para-hydroxylation sites is 1. The summed E-state index contributed by atoms with van der Waals surface area (Å²) >= 11 is 0. The molecule has 110 valence electrons. The van der Waals surface area contributed by atoms with Crippen molar-refractivity contribution in [2.75, 3.05) is 18.5 Å². The van der Waals surface area contributed by atoms with Gasteiger partial charge in [0.25, 0.3) is 0 Å². The first kappa shape index (κ1) is 14.8. The molecule has 0 atom stereocenters. The van der Waals surface area contributed by atoms with Gasteiger partial charge in [0, 0.05) is 6.54 Å². The number of rotatable bonds is 7. The van der Waals surface area contributed by atoms with Crippen molar-refractivity contribution in [2.45, 2.75) is 13.3 Å². The Kier molecular flexibility index (Phi) is 5.09. The predicted molar refractivity (Wildman–Crippen MR) is 78.8 cm³/mol. The van der Waals surface area contributed by atoms with Crippen molar-refractivity contribution in [3.8, 4) is 5.75 Å². The first-order chi connectivity index (χ1) is 10.2. The predicted octanol–water partition coefficient (Wildman–Crippen LogP) is 2.23. The van der Waals surface area contributed by atoms with Crippen LogP contribution in [0.1, 0.15) is 23.0 Å². The highest BCUT2D eigenvalue weighted by Gasteiger charge is 2.05. The number of ether oxygens (including phenoxy) is 1. The molecule has 6 nitrogen and oxygen atoms in total. The lowest BCUT2D eigenvalue weighted by molar-refractivity contribution is 0.0690. The molecule has 2 rings (SSSR count). The summed E-state index contributed by atoms with van der Waals surface area (Å²) in [5.74, 6) is 0.350. The quantitative estimate of drug-likeness (QED) is 0.812. The molecule has 0 bridgehead atoms. The van der Waals surface area contributed by atoms with Crippen LogP contribution in [-0.4, -0.2) is 34.2 Å². The van der Waals surface area contributed by atoms with Gasteiger partial charge in [0.05, 0.1) is 19.0 Å². The van der Waals surface area contributed by atoms with E-state index in [-0.39, 0.29) is 5.69 Å². The van der Waals surface area contributed by atoms with E-state index in [0.717, 1.165) is 17.7 Å². The minimum atomic E-state index is -1.08. The van der Waals surface area contributed by atoms with E-state index in [1.807, 2.05) is 31.2 Å². The summed E-state index contributed by atoms with van der Waals surface area (Å²) in [4.78, 5) is 18.5. The zero-order valence-corrected chi connectivity index (χ0v) is 11.7. The molecule has 21 heavy (non-hydrogen) atoms. The molecule has 0 aliphatic carbocycles. The zero-order valence-electron chi connectivity index (χ0n) is 11.7. The molecule has 1 heterocycles. The summed E-state index contributed by atoms with van der Waals surface area (Å²) in [6.45, 7) is 3.24. The van der Waals surface area contributed by atoms with Gasteiger partial charge >= 0.3 is 5.97 Å². The second kappa shape index (κ2) is 7.23. The summed E-state index contributed by atoms with van der Waals surface area (Å²) in [7, 11) is 0. The Balaban J connectivity index is 1.91. The van der Waals surface area contributed by atoms with Crippen LogP contribution < -0.4 is 10.1 Å². The zero-order chi connectivity index (χ0) is 15.1. The SMILES string of the molecule is CCOc1ccccc1CCNc1cnc(C(=O)O)cn1. The standard InChI is InChI=1S/C15H17N3O3/c1-2-21-13-6-4-3-5-11(13)7-8-16-14-10-17-12(9-18-14)15(19)20/h3-6,9-10H,2,7-8H2,1H3,(H,16,18)(H,19,20). The number of aromatic nitrogens is 2. The number of anilines is 1. The van der Waals surface area contributed by atoms with Gasteiger partial charge in [0.15, 0.2) is 5.69 Å². The Morgan fingerprint density at radius 1 is 1.29 bits per heavy atom. The average molecular weight is 287 g/mol. The Morgan fingerprint density at radius 3 is 2.76 bits per heavy atom. The fourth-order valence-corrected chi connectivity index (χ4v) is 1.86. The van der Waals surface area contributed by atoms with Crippen molar-refractivity contribution < 1.29 is 14.6 Å². The van der Waals surface area contributed by atoms with Crippen LogP contribution in [0.5, 0.6) is 5.75 Å². The molecule has 0 amide bonds. The summed E-state index contributed by atoms with van der Waals surface area (Å²) in [5.41, 5.74) is 1.05. The first-order valence-electron chi connectivity index (χ1n) is 6.70. The third-order valence-corrected chi connectivity index (χ3v) is 2.84. The highest BCUT2D eigenvalue weighted by molar-refractivity contribution is 5.84. The number of carboxylic acids is 1. The van der Waals surface area contributed by atoms with Crippen molar-refractivity contribution in [3.05, 3.63) is 47.9 Å². The van der Waals surface area contributed by atoms with E-state index < -0.39 is 5.97 Å². The Hall–Kier alpha value is -2.63. The van der Waals surface area contributed by atoms with Crippen LogP contribution in [0.4, 0.5) is 5.82 Å². The highest BCUT2D eigenvalue weighted by atomic mass is 16.5. The lowest BCUT2D eigenvalue weighted by Gasteiger charge is -2.10. The van der Waals surface area contributed by atoms with E-state index in [1.165, 1.54) is 12.4 Å². The van der Waals surface area contributed by atoms with Crippen LogP contribution in [0.2, 0.25) is 0 Å². The molecule has 1 aromatic heterocycles. The molecule has 0 spiro atoms. The summed E-state index contributed by atoms with van der Waals surface area (Å²) in [6, 6.07) is 7.88. The van der Waals surface area contributed by atoms with Crippen molar-refractivity contribution >= 4 is 11.8 Å². The van der Waals surface area contributed by atoms with Gasteiger partial charge in [-0.3, -0.25) is 0 Å². The van der Waals surface area contributed by atoms with E-state index in [1.54, 1.807) is 0 Å². The van der Waals surface area contributed by atoms with E-state index in [0.29, 0.717) is 19.0 Å². The topological polar surface area (TPSA) is 84.3 Å². The number of hydrogen-bond acceptors (Lipinski definition) is 5. The van der Waals surface area contributed by atoms with E-state index in [4.69, 9.17) is 9.84 Å². The van der Waals surface area contributed by atoms with Gasteiger partial charge in [-0.2, -0.15) is 0 Å². The molecule has 0 fully saturated rings. The molecule has 0 unspecified atom stereocenters. The molecule has 2 aromatic rings. The van der Waals surface area contributed by atoms with E-state index in [2.05, 4.69) is 15.3 Å². The Morgan fingerprint density at radius 2 is 2.10 bits per heavy atom. The molecule has 0 saturated carbocycles. The van der Waals surface area contributed by atoms with Crippen LogP contribution in [0.3, 0.4) is 0 Å². The molecule has 0 aliphatic heterocycles. The van der Waals surface area contributed by atoms with Crippen molar-refractivity contribution in [1.82, 2.24) is 9.97 Å². The molecule has 6 heteroatoms. The normalized spacial score (nSPS) is 10.1. The lowest BCUT2D eigenvalue weighted by atomic mass is 10.1. The van der Waals surface area contributed by atoms with Gasteiger partial charge in [-0.1, -0.05) is 18.2 Å². The van der Waals surface area contributed by atoms with Crippen LogP contribution in [-0.2, 0) is 6.42 Å². The van der Waals surface area contributed by atoms with Crippen LogP contribution in [0, 0.1) is 0 Å². The van der Waals surface area contributed by atoms with Gasteiger partial charge in [-0.25, -0.2) is 14.8 Å². The summed E-state index contributed by atoms with van der Waals surface area (Å²) in [6.07, 6.45) is 3.43. The summed E-state index contributed by atoms with van der Waals surface area (Å²) in [5, 5.41) is 11.9. The lowest BCUT2D eigenvalue weighted by Crippen LogP contribution is -2.09. The maximum absolute atomic E-state index is 10.7. The number of nitrogens with zero attached hydrogens (tertiary/aromatic N) is 2. The molecule has 0 aliphatic rings. The molecular formula is C15H17N3O3. The molecular weight excluding hydrogens is 270 g/mol. The summed E-state index contributed by atoms with van der Waals surface area (Å²) < 4.78 is 5.56. The number of hydrogen-bond donors (Lipinski definition) is 2. The smallest absolute Gasteiger partial charge is 0.356 e. The minimum absolute atomic E-state index is 0.0674.